The molecule has 0 bridgehead atoms. The Hall–Kier alpha value is -0.930. The molecule has 0 amide bonds. The third kappa shape index (κ3) is 3.15. The van der Waals surface area contributed by atoms with Crippen molar-refractivity contribution >= 4 is 21.4 Å². The van der Waals surface area contributed by atoms with Crippen LogP contribution in [0.4, 0.5) is 4.39 Å². The number of thiophene rings is 1. The Balaban J connectivity index is 2.38. The van der Waals surface area contributed by atoms with Crippen molar-refractivity contribution in [2.75, 3.05) is 6.54 Å². The molecule has 0 aliphatic heterocycles. The van der Waals surface area contributed by atoms with Crippen molar-refractivity contribution in [1.82, 2.24) is 5.32 Å². The molecule has 104 valence electrons. The van der Waals surface area contributed by atoms with E-state index in [0.717, 1.165) is 24.8 Å². The highest BCUT2D eigenvalue weighted by atomic mass is 32.1. The molecular weight excluding hydrogens is 257 g/mol. The summed E-state index contributed by atoms with van der Waals surface area (Å²) >= 11 is 1.78. The maximum absolute atomic E-state index is 13.3. The van der Waals surface area contributed by atoms with Gasteiger partial charge >= 0.3 is 0 Å². The van der Waals surface area contributed by atoms with E-state index in [9.17, 15) is 4.39 Å². The van der Waals surface area contributed by atoms with E-state index in [-0.39, 0.29) is 5.82 Å². The minimum atomic E-state index is -0.153. The van der Waals surface area contributed by atoms with E-state index in [4.69, 9.17) is 0 Å². The van der Waals surface area contributed by atoms with Crippen LogP contribution in [0.25, 0.3) is 10.1 Å². The molecule has 1 atom stereocenters. The molecule has 3 heteroatoms. The summed E-state index contributed by atoms with van der Waals surface area (Å²) in [6, 6.07) is 7.59. The Morgan fingerprint density at radius 2 is 1.89 bits per heavy atom. The molecular formula is C16H22FNS. The highest BCUT2D eigenvalue weighted by Crippen LogP contribution is 2.35. The van der Waals surface area contributed by atoms with Crippen LogP contribution < -0.4 is 5.32 Å². The zero-order valence-electron chi connectivity index (χ0n) is 11.9. The number of benzene rings is 1. The number of fused-ring (bicyclic) bond motifs is 1. The van der Waals surface area contributed by atoms with Crippen molar-refractivity contribution in [3.63, 3.8) is 0 Å². The largest absolute Gasteiger partial charge is 0.309 e. The molecule has 0 aliphatic rings. The van der Waals surface area contributed by atoms with E-state index in [1.807, 2.05) is 6.07 Å². The van der Waals surface area contributed by atoms with Gasteiger partial charge in [-0.1, -0.05) is 33.6 Å². The molecule has 1 N–H and O–H groups in total. The zero-order valence-corrected chi connectivity index (χ0v) is 12.7. The summed E-state index contributed by atoms with van der Waals surface area (Å²) in [6.45, 7) is 7.59. The second kappa shape index (κ2) is 6.49. The summed E-state index contributed by atoms with van der Waals surface area (Å²) in [5.74, 6) is 0.484. The van der Waals surface area contributed by atoms with Crippen molar-refractivity contribution in [2.24, 2.45) is 5.92 Å². The van der Waals surface area contributed by atoms with E-state index in [2.05, 4.69) is 32.2 Å². The molecule has 2 rings (SSSR count). The fourth-order valence-corrected chi connectivity index (χ4v) is 3.88. The topological polar surface area (TPSA) is 12.0 Å². The first-order valence-corrected chi connectivity index (χ1v) is 7.93. The van der Waals surface area contributed by atoms with Crippen molar-refractivity contribution in [2.45, 2.75) is 39.7 Å². The van der Waals surface area contributed by atoms with Crippen LogP contribution in [-0.2, 0) is 0 Å². The van der Waals surface area contributed by atoms with Gasteiger partial charge < -0.3 is 5.32 Å². The lowest BCUT2D eigenvalue weighted by Gasteiger charge is -2.25. The Labute approximate surface area is 118 Å². The second-order valence-electron chi connectivity index (χ2n) is 4.94. The fourth-order valence-electron chi connectivity index (χ4n) is 2.67. The van der Waals surface area contributed by atoms with Gasteiger partial charge in [-0.3, -0.25) is 0 Å². The Morgan fingerprint density at radius 3 is 2.53 bits per heavy atom. The molecule has 2 aromatic rings. The van der Waals surface area contributed by atoms with E-state index >= 15 is 0 Å². The van der Waals surface area contributed by atoms with E-state index < -0.39 is 0 Å². The van der Waals surface area contributed by atoms with E-state index in [1.54, 1.807) is 23.5 Å². The number of hydrogen-bond acceptors (Lipinski definition) is 2. The lowest BCUT2D eigenvalue weighted by Crippen LogP contribution is -2.26. The van der Waals surface area contributed by atoms with Crippen LogP contribution in [0.3, 0.4) is 0 Å². The molecule has 0 fully saturated rings. The molecule has 1 aromatic carbocycles. The number of hydrogen-bond donors (Lipinski definition) is 1. The van der Waals surface area contributed by atoms with Crippen molar-refractivity contribution in [3.8, 4) is 0 Å². The van der Waals surface area contributed by atoms with Crippen LogP contribution in [0.15, 0.2) is 24.3 Å². The summed E-state index contributed by atoms with van der Waals surface area (Å²) in [4.78, 5) is 1.33. The molecule has 1 aromatic heterocycles. The van der Waals surface area contributed by atoms with Crippen molar-refractivity contribution in [3.05, 3.63) is 35.0 Å². The SMILES string of the molecule is CCNC(c1cc2cc(F)ccc2s1)C(CC)CC. The lowest BCUT2D eigenvalue weighted by molar-refractivity contribution is 0.351. The summed E-state index contributed by atoms with van der Waals surface area (Å²) in [5.41, 5.74) is 0. The van der Waals surface area contributed by atoms with Gasteiger partial charge in [0.15, 0.2) is 0 Å². The van der Waals surface area contributed by atoms with Crippen LogP contribution in [0.1, 0.15) is 44.5 Å². The fraction of sp³-hybridized carbons (Fsp3) is 0.500. The highest BCUT2D eigenvalue weighted by Gasteiger charge is 2.21. The minimum absolute atomic E-state index is 0.153. The Bertz CT molecular complexity index is 531. The van der Waals surface area contributed by atoms with Crippen LogP contribution in [0, 0.1) is 11.7 Å². The smallest absolute Gasteiger partial charge is 0.123 e. The summed E-state index contributed by atoms with van der Waals surface area (Å²) in [5, 5.41) is 4.62. The van der Waals surface area contributed by atoms with Gasteiger partial charge in [0.1, 0.15) is 5.82 Å². The maximum atomic E-state index is 13.3. The second-order valence-corrected chi connectivity index (χ2v) is 6.06. The molecule has 1 heterocycles. The summed E-state index contributed by atoms with van der Waals surface area (Å²) in [7, 11) is 0. The van der Waals surface area contributed by atoms with Gasteiger partial charge in [-0.15, -0.1) is 11.3 Å². The van der Waals surface area contributed by atoms with Gasteiger partial charge in [0, 0.05) is 15.6 Å². The molecule has 19 heavy (non-hydrogen) atoms. The van der Waals surface area contributed by atoms with E-state index in [1.165, 1.54) is 9.58 Å². The van der Waals surface area contributed by atoms with Crippen LogP contribution in [0.2, 0.25) is 0 Å². The normalized spacial score (nSPS) is 13.3. The van der Waals surface area contributed by atoms with Gasteiger partial charge in [-0.25, -0.2) is 4.39 Å². The van der Waals surface area contributed by atoms with Crippen molar-refractivity contribution in [1.29, 1.82) is 0 Å². The first-order valence-electron chi connectivity index (χ1n) is 7.11. The van der Waals surface area contributed by atoms with Crippen LogP contribution in [0.5, 0.6) is 0 Å². The van der Waals surface area contributed by atoms with Gasteiger partial charge in [-0.05, 0) is 42.1 Å². The van der Waals surface area contributed by atoms with Gasteiger partial charge in [-0.2, -0.15) is 0 Å². The predicted octanol–water partition coefficient (Wildman–Crippen LogP) is 5.13. The standard InChI is InChI=1S/C16H22FNS/c1-4-11(5-2)16(18-6-3)15-10-12-9-13(17)7-8-14(12)19-15/h7-11,16,18H,4-6H2,1-3H3. The molecule has 0 saturated carbocycles. The third-order valence-electron chi connectivity index (χ3n) is 3.75. The average Bonchev–Trinajstić information content (AvgIpc) is 2.81. The highest BCUT2D eigenvalue weighted by molar-refractivity contribution is 7.19. The quantitative estimate of drug-likeness (QED) is 0.773. The van der Waals surface area contributed by atoms with Gasteiger partial charge in [0.05, 0.1) is 0 Å². The van der Waals surface area contributed by atoms with Gasteiger partial charge in [0.25, 0.3) is 0 Å². The molecule has 0 aliphatic carbocycles. The molecule has 1 unspecified atom stereocenters. The number of halogens is 1. The first-order chi connectivity index (χ1) is 9.19. The number of rotatable bonds is 6. The Kier molecular flexibility index (Phi) is 4.94. The Morgan fingerprint density at radius 1 is 1.16 bits per heavy atom. The summed E-state index contributed by atoms with van der Waals surface area (Å²) in [6.07, 6.45) is 2.33. The predicted molar refractivity (Wildman–Crippen MR) is 82.3 cm³/mol. The summed E-state index contributed by atoms with van der Waals surface area (Å²) < 4.78 is 14.4. The minimum Gasteiger partial charge on any atom is -0.309 e. The maximum Gasteiger partial charge on any atom is 0.123 e. The lowest BCUT2D eigenvalue weighted by atomic mass is 9.93. The van der Waals surface area contributed by atoms with E-state index in [0.29, 0.717) is 12.0 Å². The average molecular weight is 279 g/mol. The molecule has 1 nitrogen and oxygen atoms in total. The molecule has 0 saturated heterocycles. The number of nitrogens with one attached hydrogen (secondary N) is 1. The zero-order chi connectivity index (χ0) is 13.8. The first kappa shape index (κ1) is 14.5. The third-order valence-corrected chi connectivity index (χ3v) is 4.95. The van der Waals surface area contributed by atoms with Crippen LogP contribution in [-0.4, -0.2) is 6.54 Å². The molecule has 0 spiro atoms. The van der Waals surface area contributed by atoms with Gasteiger partial charge in [0.2, 0.25) is 0 Å². The monoisotopic (exact) mass is 279 g/mol. The molecule has 0 radical (unpaired) electrons. The van der Waals surface area contributed by atoms with Crippen LogP contribution >= 0.6 is 11.3 Å². The van der Waals surface area contributed by atoms with Crippen molar-refractivity contribution < 1.29 is 4.39 Å².